The summed E-state index contributed by atoms with van der Waals surface area (Å²) in [6.45, 7) is 3.73. The van der Waals surface area contributed by atoms with Gasteiger partial charge in [-0.1, -0.05) is 60.2 Å². The van der Waals surface area contributed by atoms with Crippen LogP contribution in [0.5, 0.6) is 0 Å². The van der Waals surface area contributed by atoms with Crippen LogP contribution in [0.4, 0.5) is 5.69 Å². The first-order valence-electron chi connectivity index (χ1n) is 11.4. The number of sulfonamides is 1. The number of hydrogen-bond acceptors (Lipinski definition) is 6. The van der Waals surface area contributed by atoms with E-state index in [4.69, 9.17) is 9.57 Å². The molecule has 2 heterocycles. The van der Waals surface area contributed by atoms with Gasteiger partial charge in [0.05, 0.1) is 30.3 Å². The van der Waals surface area contributed by atoms with E-state index >= 15 is 0 Å². The third kappa shape index (κ3) is 3.47. The van der Waals surface area contributed by atoms with Crippen molar-refractivity contribution in [1.82, 2.24) is 5.06 Å². The molecule has 8 heteroatoms. The summed E-state index contributed by atoms with van der Waals surface area (Å²) in [6, 6.07) is 21.1. The Balaban J connectivity index is 1.77. The van der Waals surface area contributed by atoms with E-state index in [1.807, 2.05) is 50.2 Å². The van der Waals surface area contributed by atoms with Gasteiger partial charge < -0.3 is 4.74 Å². The molecule has 0 saturated carbocycles. The summed E-state index contributed by atoms with van der Waals surface area (Å²) in [5.74, 6) is -0.515. The van der Waals surface area contributed by atoms with Crippen LogP contribution < -0.4 is 4.31 Å². The third-order valence-corrected chi connectivity index (χ3v) is 8.92. The number of ether oxygens (including phenoxy) is 1. The summed E-state index contributed by atoms with van der Waals surface area (Å²) in [7, 11) is -0.879. The number of anilines is 1. The van der Waals surface area contributed by atoms with Gasteiger partial charge in [0, 0.05) is 7.05 Å². The topological polar surface area (TPSA) is 76.2 Å². The SMILES string of the molecule is COC(=O)[C@]12CN(S(=O)(=O)c3ccc(C)cc3)c3ccccc3[C@H]1N(C)O[C@H]2c1ccccc1C. The number of aryl methyl sites for hydroxylation is 2. The predicted octanol–water partition coefficient (Wildman–Crippen LogP) is 4.33. The molecule has 0 N–H and O–H groups in total. The first-order valence-corrected chi connectivity index (χ1v) is 12.9. The lowest BCUT2D eigenvalue weighted by Gasteiger charge is -2.45. The molecule has 0 aliphatic carbocycles. The highest BCUT2D eigenvalue weighted by atomic mass is 32.2. The summed E-state index contributed by atoms with van der Waals surface area (Å²) in [5.41, 5.74) is 2.61. The Labute approximate surface area is 205 Å². The average molecular weight is 493 g/mol. The third-order valence-electron chi connectivity index (χ3n) is 7.14. The van der Waals surface area contributed by atoms with Gasteiger partial charge in [-0.3, -0.25) is 13.9 Å². The highest BCUT2D eigenvalue weighted by Crippen LogP contribution is 2.61. The van der Waals surface area contributed by atoms with E-state index in [0.29, 0.717) is 11.3 Å². The maximum absolute atomic E-state index is 14.0. The number of benzene rings is 3. The number of hydrogen-bond donors (Lipinski definition) is 0. The number of carbonyl (C=O) groups is 1. The molecule has 3 atom stereocenters. The highest BCUT2D eigenvalue weighted by molar-refractivity contribution is 7.92. The van der Waals surface area contributed by atoms with Gasteiger partial charge in [-0.25, -0.2) is 8.42 Å². The van der Waals surface area contributed by atoms with E-state index in [2.05, 4.69) is 0 Å². The molecule has 0 radical (unpaired) electrons. The van der Waals surface area contributed by atoms with Crippen LogP contribution in [0.2, 0.25) is 0 Å². The van der Waals surface area contributed by atoms with E-state index in [9.17, 15) is 13.2 Å². The van der Waals surface area contributed by atoms with Crippen molar-refractivity contribution in [2.45, 2.75) is 30.9 Å². The van der Waals surface area contributed by atoms with E-state index in [-0.39, 0.29) is 11.4 Å². The Morgan fingerprint density at radius 1 is 0.971 bits per heavy atom. The summed E-state index contributed by atoms with van der Waals surface area (Å²) < 4.78 is 34.7. The van der Waals surface area contributed by atoms with Crippen LogP contribution >= 0.6 is 0 Å². The Hall–Kier alpha value is -3.20. The minimum absolute atomic E-state index is 0.124. The number of hydroxylamine groups is 2. The van der Waals surface area contributed by atoms with Crippen molar-refractivity contribution >= 4 is 21.7 Å². The number of fused-ring (bicyclic) bond motifs is 3. The van der Waals surface area contributed by atoms with Gasteiger partial charge in [0.2, 0.25) is 0 Å². The average Bonchev–Trinajstić information content (AvgIpc) is 3.16. The molecule has 35 heavy (non-hydrogen) atoms. The zero-order chi connectivity index (χ0) is 25.0. The van der Waals surface area contributed by atoms with Crippen LogP contribution in [0.1, 0.15) is 34.4 Å². The van der Waals surface area contributed by atoms with E-state index in [1.165, 1.54) is 11.4 Å². The number of carbonyl (C=O) groups excluding carboxylic acids is 1. The fraction of sp³-hybridized carbons (Fsp3) is 0.296. The summed E-state index contributed by atoms with van der Waals surface area (Å²) in [5, 5.41) is 1.67. The lowest BCUT2D eigenvalue weighted by Crippen LogP contribution is -2.54. The summed E-state index contributed by atoms with van der Waals surface area (Å²) >= 11 is 0. The second-order valence-electron chi connectivity index (χ2n) is 9.21. The minimum atomic E-state index is -3.99. The van der Waals surface area contributed by atoms with Crippen LogP contribution in [-0.4, -0.2) is 40.2 Å². The Morgan fingerprint density at radius 2 is 1.60 bits per heavy atom. The van der Waals surface area contributed by atoms with E-state index in [1.54, 1.807) is 48.5 Å². The standard InChI is InChI=1S/C27H28N2O5S/c1-18-13-15-20(16-14-18)35(31,32)29-17-27(26(30)33-4)24(22-11-7-8-12-23(22)29)28(3)34-25(27)21-10-6-5-9-19(21)2/h5-16,24-25H,17H2,1-4H3/t24-,25+,27-/m1/s1. The van der Waals surface area contributed by atoms with Crippen molar-refractivity contribution in [2.75, 3.05) is 25.0 Å². The molecular weight excluding hydrogens is 464 g/mol. The van der Waals surface area contributed by atoms with Gasteiger partial charge in [-0.15, -0.1) is 0 Å². The smallest absolute Gasteiger partial charge is 0.318 e. The lowest BCUT2D eigenvalue weighted by atomic mass is 9.68. The molecule has 7 nitrogen and oxygen atoms in total. The van der Waals surface area contributed by atoms with E-state index in [0.717, 1.165) is 16.7 Å². The molecule has 3 aromatic carbocycles. The number of para-hydroxylation sites is 1. The number of rotatable bonds is 4. The molecule has 1 fully saturated rings. The first-order chi connectivity index (χ1) is 16.7. The summed E-state index contributed by atoms with van der Waals surface area (Å²) in [6.07, 6.45) is -0.741. The van der Waals surface area contributed by atoms with Crippen molar-refractivity contribution in [3.8, 4) is 0 Å². The minimum Gasteiger partial charge on any atom is -0.468 e. The quantitative estimate of drug-likeness (QED) is 0.505. The van der Waals surface area contributed by atoms with Gasteiger partial charge >= 0.3 is 5.97 Å². The second-order valence-corrected chi connectivity index (χ2v) is 11.1. The molecule has 0 bridgehead atoms. The normalized spacial score (nSPS) is 24.1. The molecular formula is C27H28N2O5S. The van der Waals surface area contributed by atoms with Gasteiger partial charge in [0.25, 0.3) is 10.0 Å². The summed E-state index contributed by atoms with van der Waals surface area (Å²) in [4.78, 5) is 20.2. The van der Waals surface area contributed by atoms with Gasteiger partial charge in [-0.05, 0) is 48.7 Å². The van der Waals surface area contributed by atoms with Crippen LogP contribution in [0, 0.1) is 19.3 Å². The maximum Gasteiger partial charge on any atom is 0.318 e. The fourth-order valence-electron chi connectivity index (χ4n) is 5.44. The Bertz CT molecular complexity index is 1390. The molecule has 1 saturated heterocycles. The van der Waals surface area contributed by atoms with Gasteiger partial charge in [0.1, 0.15) is 11.5 Å². The fourth-order valence-corrected chi connectivity index (χ4v) is 6.98. The molecule has 0 spiro atoms. The van der Waals surface area contributed by atoms with Crippen LogP contribution in [0.3, 0.4) is 0 Å². The van der Waals surface area contributed by atoms with E-state index < -0.39 is 33.6 Å². The molecule has 0 unspecified atom stereocenters. The molecule has 2 aliphatic heterocycles. The molecule has 0 amide bonds. The molecule has 2 aliphatic rings. The van der Waals surface area contributed by atoms with Crippen molar-refractivity contribution in [3.63, 3.8) is 0 Å². The Morgan fingerprint density at radius 3 is 2.26 bits per heavy atom. The highest BCUT2D eigenvalue weighted by Gasteiger charge is 2.66. The molecule has 0 aromatic heterocycles. The van der Waals surface area contributed by atoms with Crippen molar-refractivity contribution in [3.05, 3.63) is 95.1 Å². The van der Waals surface area contributed by atoms with Crippen molar-refractivity contribution in [2.24, 2.45) is 5.41 Å². The zero-order valence-corrected chi connectivity index (χ0v) is 21.0. The maximum atomic E-state index is 14.0. The molecule has 3 aromatic rings. The number of esters is 1. The first kappa shape index (κ1) is 23.5. The Kier molecular flexibility index (Phi) is 5.70. The van der Waals surface area contributed by atoms with Crippen LogP contribution in [0.15, 0.2) is 77.7 Å². The van der Waals surface area contributed by atoms with Crippen molar-refractivity contribution < 1.29 is 22.8 Å². The largest absolute Gasteiger partial charge is 0.468 e. The molecule has 182 valence electrons. The van der Waals surface area contributed by atoms with Gasteiger partial charge in [-0.2, -0.15) is 5.06 Å². The monoisotopic (exact) mass is 492 g/mol. The second kappa shape index (κ2) is 8.48. The number of methoxy groups -OCH3 is 1. The van der Waals surface area contributed by atoms with Gasteiger partial charge in [0.15, 0.2) is 0 Å². The van der Waals surface area contributed by atoms with Crippen molar-refractivity contribution in [1.29, 1.82) is 0 Å². The van der Waals surface area contributed by atoms with Crippen LogP contribution in [-0.2, 0) is 24.4 Å². The predicted molar refractivity (Wildman–Crippen MR) is 132 cm³/mol. The van der Waals surface area contributed by atoms with Crippen LogP contribution in [0.25, 0.3) is 0 Å². The lowest BCUT2D eigenvalue weighted by molar-refractivity contribution is -0.160. The zero-order valence-electron chi connectivity index (χ0n) is 20.1. The molecule has 5 rings (SSSR count). The number of nitrogens with zero attached hydrogens (tertiary/aromatic N) is 2.